The normalized spacial score (nSPS) is 20.6. The van der Waals surface area contributed by atoms with Crippen molar-refractivity contribution in [1.82, 2.24) is 14.4 Å². The van der Waals surface area contributed by atoms with Crippen LogP contribution in [0, 0.1) is 5.41 Å². The third-order valence-corrected chi connectivity index (χ3v) is 6.58. The highest BCUT2D eigenvalue weighted by Crippen LogP contribution is 2.45. The maximum Gasteiger partial charge on any atom is 0.309 e. The van der Waals surface area contributed by atoms with Crippen molar-refractivity contribution in [1.29, 1.82) is 0 Å². The summed E-state index contributed by atoms with van der Waals surface area (Å²) in [7, 11) is 0. The second-order valence-electron chi connectivity index (χ2n) is 8.95. The molecule has 0 saturated heterocycles. The summed E-state index contributed by atoms with van der Waals surface area (Å²) in [4.78, 5) is 21.2. The van der Waals surface area contributed by atoms with Crippen molar-refractivity contribution in [2.24, 2.45) is 5.41 Å². The zero-order valence-corrected chi connectivity index (χ0v) is 18.4. The Kier molecular flexibility index (Phi) is 5.24. The lowest BCUT2D eigenvalue weighted by Crippen LogP contribution is -2.33. The van der Waals surface area contributed by atoms with E-state index < -0.39 is 11.4 Å². The van der Waals surface area contributed by atoms with E-state index in [1.165, 1.54) is 0 Å². The highest BCUT2D eigenvalue weighted by Gasteiger charge is 2.40. The fraction of sp³-hybridized carbons (Fsp3) is 0.269. The zero-order valence-electron chi connectivity index (χ0n) is 18.4. The molecule has 0 radical (unpaired) electrons. The van der Waals surface area contributed by atoms with Crippen molar-refractivity contribution >= 4 is 17.3 Å². The minimum atomic E-state index is -0.747. The molecule has 0 unspecified atom stereocenters. The van der Waals surface area contributed by atoms with Crippen molar-refractivity contribution in [2.75, 3.05) is 5.73 Å². The van der Waals surface area contributed by atoms with Crippen LogP contribution in [-0.2, 0) is 4.79 Å². The van der Waals surface area contributed by atoms with Crippen LogP contribution in [-0.4, -0.2) is 25.4 Å². The van der Waals surface area contributed by atoms with Crippen molar-refractivity contribution in [3.63, 3.8) is 0 Å². The summed E-state index contributed by atoms with van der Waals surface area (Å²) >= 11 is 0. The predicted molar refractivity (Wildman–Crippen MR) is 126 cm³/mol. The molecule has 0 aliphatic heterocycles. The van der Waals surface area contributed by atoms with E-state index in [1.807, 2.05) is 72.1 Å². The molecule has 0 amide bonds. The van der Waals surface area contributed by atoms with E-state index in [4.69, 9.17) is 15.5 Å². The smallest absolute Gasteiger partial charge is 0.309 e. The lowest BCUT2D eigenvalue weighted by atomic mass is 9.70. The summed E-state index contributed by atoms with van der Waals surface area (Å²) in [6, 6.07) is 17.3. The molecule has 3 N–H and O–H groups in total. The van der Waals surface area contributed by atoms with Gasteiger partial charge in [-0.05, 0) is 62.6 Å². The van der Waals surface area contributed by atoms with Gasteiger partial charge in [0.2, 0.25) is 0 Å². The van der Waals surface area contributed by atoms with E-state index in [0.717, 1.165) is 46.9 Å². The predicted octanol–water partition coefficient (Wildman–Crippen LogP) is 5.52. The van der Waals surface area contributed by atoms with Crippen molar-refractivity contribution < 1.29 is 14.6 Å². The molecule has 1 aliphatic rings. The molecule has 7 heteroatoms. The molecule has 0 bridgehead atoms. The highest BCUT2D eigenvalue weighted by atomic mass is 16.5. The lowest BCUT2D eigenvalue weighted by molar-refractivity contribution is -0.150. The molecular weight excluding hydrogens is 416 g/mol. The number of aromatic nitrogens is 3. The number of carboxylic acid groups (broad SMARTS) is 1. The van der Waals surface area contributed by atoms with Crippen LogP contribution in [0.5, 0.6) is 11.5 Å². The van der Waals surface area contributed by atoms with E-state index >= 15 is 0 Å². The van der Waals surface area contributed by atoms with E-state index in [-0.39, 0.29) is 5.92 Å². The maximum absolute atomic E-state index is 11.9. The third-order valence-electron chi connectivity index (χ3n) is 6.58. The van der Waals surface area contributed by atoms with Crippen LogP contribution in [0.3, 0.4) is 0 Å². The van der Waals surface area contributed by atoms with Gasteiger partial charge in [-0.25, -0.2) is 9.97 Å². The number of ether oxygens (including phenoxy) is 1. The number of para-hydroxylation sites is 1. The first-order chi connectivity index (χ1) is 15.9. The molecule has 33 heavy (non-hydrogen) atoms. The van der Waals surface area contributed by atoms with Crippen LogP contribution in [0.15, 0.2) is 67.0 Å². The Labute approximate surface area is 191 Å². The lowest BCUT2D eigenvalue weighted by Gasteiger charge is -2.34. The Morgan fingerprint density at radius 1 is 1.15 bits per heavy atom. The quantitative estimate of drug-likeness (QED) is 0.422. The highest BCUT2D eigenvalue weighted by molar-refractivity contribution is 5.85. The molecule has 5 rings (SSSR count). The van der Waals surface area contributed by atoms with E-state index in [9.17, 15) is 9.90 Å². The number of benzene rings is 2. The summed E-state index contributed by atoms with van der Waals surface area (Å²) in [6.07, 6.45) is 6.50. The molecule has 1 fully saturated rings. The van der Waals surface area contributed by atoms with Gasteiger partial charge in [0.25, 0.3) is 0 Å². The number of imidazole rings is 1. The SMILES string of the molecule is C[C@@]1(C(=O)O)CCC[C@H](c2nc(-c3ccc(Oc4ccccc4)cc3)c3c(N)nccn23)C1. The number of rotatable bonds is 5. The third kappa shape index (κ3) is 3.91. The number of anilines is 1. The summed E-state index contributed by atoms with van der Waals surface area (Å²) in [5.41, 5.74) is 7.92. The van der Waals surface area contributed by atoms with E-state index in [0.29, 0.717) is 18.7 Å². The number of hydrogen-bond donors (Lipinski definition) is 2. The average Bonchev–Trinajstić information content (AvgIpc) is 3.21. The second-order valence-corrected chi connectivity index (χ2v) is 8.95. The minimum Gasteiger partial charge on any atom is -0.481 e. The Morgan fingerprint density at radius 3 is 2.61 bits per heavy atom. The largest absolute Gasteiger partial charge is 0.481 e. The first-order valence-electron chi connectivity index (χ1n) is 11.1. The number of carboxylic acids is 1. The van der Waals surface area contributed by atoms with Crippen LogP contribution in [0.2, 0.25) is 0 Å². The van der Waals surface area contributed by atoms with Crippen LogP contribution in [0.25, 0.3) is 16.8 Å². The first-order valence-corrected chi connectivity index (χ1v) is 11.1. The average molecular weight is 443 g/mol. The van der Waals surface area contributed by atoms with Crippen LogP contribution in [0.4, 0.5) is 5.82 Å². The van der Waals surface area contributed by atoms with Crippen molar-refractivity contribution in [2.45, 2.75) is 38.5 Å². The van der Waals surface area contributed by atoms with Crippen LogP contribution < -0.4 is 10.5 Å². The number of nitrogens with zero attached hydrogens (tertiary/aromatic N) is 3. The first kappa shape index (κ1) is 21.0. The fourth-order valence-corrected chi connectivity index (χ4v) is 4.78. The van der Waals surface area contributed by atoms with Gasteiger partial charge in [-0.2, -0.15) is 0 Å². The van der Waals surface area contributed by atoms with E-state index in [2.05, 4.69) is 4.98 Å². The maximum atomic E-state index is 11.9. The molecule has 4 aromatic rings. The second kappa shape index (κ2) is 8.24. The van der Waals surface area contributed by atoms with Gasteiger partial charge >= 0.3 is 5.97 Å². The molecule has 168 valence electrons. The monoisotopic (exact) mass is 442 g/mol. The Hall–Kier alpha value is -3.87. The molecule has 2 aromatic heterocycles. The van der Waals surface area contributed by atoms with Gasteiger partial charge in [-0.15, -0.1) is 0 Å². The number of carbonyl (C=O) groups is 1. The van der Waals surface area contributed by atoms with Gasteiger partial charge in [0, 0.05) is 23.9 Å². The molecule has 2 atom stereocenters. The van der Waals surface area contributed by atoms with Gasteiger partial charge in [0.1, 0.15) is 34.4 Å². The van der Waals surface area contributed by atoms with Crippen LogP contribution in [0.1, 0.15) is 44.3 Å². The molecule has 2 heterocycles. The van der Waals surface area contributed by atoms with Gasteiger partial charge in [-0.1, -0.05) is 24.6 Å². The number of nitrogens with two attached hydrogens (primary N) is 1. The Bertz CT molecular complexity index is 1300. The standard InChI is InChI=1S/C26H26N4O3/c1-26(25(31)32)13-5-6-18(16-26)24-29-21(22-23(27)28-14-15-30(22)24)17-9-11-20(12-10-17)33-19-7-3-2-4-8-19/h2-4,7-12,14-15,18H,5-6,13,16H2,1H3,(H2,27,28)(H,31,32)/t18-,26+/m0/s1. The molecule has 0 spiro atoms. The Morgan fingerprint density at radius 2 is 1.88 bits per heavy atom. The van der Waals surface area contributed by atoms with Gasteiger partial charge < -0.3 is 15.6 Å². The number of hydrogen-bond acceptors (Lipinski definition) is 5. The number of nitrogen functional groups attached to an aromatic ring is 1. The minimum absolute atomic E-state index is 0.0311. The number of fused-ring (bicyclic) bond motifs is 1. The van der Waals surface area contributed by atoms with Crippen LogP contribution >= 0.6 is 0 Å². The summed E-state index contributed by atoms with van der Waals surface area (Å²) in [5.74, 6) is 2.02. The summed E-state index contributed by atoms with van der Waals surface area (Å²) in [6.45, 7) is 1.83. The Balaban J connectivity index is 1.52. The molecule has 1 aliphatic carbocycles. The summed E-state index contributed by atoms with van der Waals surface area (Å²) < 4.78 is 7.88. The van der Waals surface area contributed by atoms with E-state index in [1.54, 1.807) is 6.20 Å². The van der Waals surface area contributed by atoms with Crippen molar-refractivity contribution in [3.8, 4) is 22.8 Å². The van der Waals surface area contributed by atoms with Gasteiger partial charge in [0.05, 0.1) is 5.41 Å². The van der Waals surface area contributed by atoms with Gasteiger partial charge in [-0.3, -0.25) is 9.20 Å². The zero-order chi connectivity index (χ0) is 23.0. The molecular formula is C26H26N4O3. The van der Waals surface area contributed by atoms with Gasteiger partial charge in [0.15, 0.2) is 0 Å². The molecule has 2 aromatic carbocycles. The molecule has 1 saturated carbocycles. The topological polar surface area (TPSA) is 103 Å². The molecule has 7 nitrogen and oxygen atoms in total. The summed E-state index contributed by atoms with van der Waals surface area (Å²) in [5, 5.41) is 9.77. The number of aliphatic carboxylic acids is 1. The fourth-order valence-electron chi connectivity index (χ4n) is 4.78. The van der Waals surface area contributed by atoms with Crippen molar-refractivity contribution in [3.05, 3.63) is 72.8 Å².